The summed E-state index contributed by atoms with van der Waals surface area (Å²) >= 11 is 6.53. The highest BCUT2D eigenvalue weighted by Crippen LogP contribution is 2.33. The summed E-state index contributed by atoms with van der Waals surface area (Å²) in [4.78, 5) is 30.0. The number of imidazole rings is 1. The molecule has 9 nitrogen and oxygen atoms in total. The first-order valence-corrected chi connectivity index (χ1v) is 15.1. The summed E-state index contributed by atoms with van der Waals surface area (Å²) in [5, 5.41) is 10.7. The molecule has 1 aliphatic heterocycles. The SMILES string of the molecule is Nc1ncccc1-c1nc2ccc(-c3ccccc3Cl)nc2n1-c1ccc(CN2CCN(c3ccc(C=O)c(O)c3)CC2)cc1. The van der Waals surface area contributed by atoms with Crippen molar-refractivity contribution >= 4 is 40.6 Å². The summed E-state index contributed by atoms with van der Waals surface area (Å²) in [7, 11) is 0. The first kappa shape index (κ1) is 28.5. The van der Waals surface area contributed by atoms with Gasteiger partial charge in [-0.2, -0.15) is 0 Å². The molecule has 0 radical (unpaired) electrons. The minimum Gasteiger partial charge on any atom is -0.507 e. The number of benzene rings is 3. The number of rotatable bonds is 7. The number of phenols is 1. The predicted octanol–water partition coefficient (Wildman–Crippen LogP) is 6.23. The van der Waals surface area contributed by atoms with Crippen LogP contribution in [0.2, 0.25) is 5.02 Å². The number of nitrogen functional groups attached to an aromatic ring is 1. The number of carbonyl (C=O) groups is 1. The fourth-order valence-electron chi connectivity index (χ4n) is 5.81. The van der Waals surface area contributed by atoms with Crippen molar-refractivity contribution in [3.05, 3.63) is 113 Å². The molecule has 1 fully saturated rings. The Hall–Kier alpha value is -5.25. The van der Waals surface area contributed by atoms with Crippen molar-refractivity contribution in [3.8, 4) is 34.1 Å². The van der Waals surface area contributed by atoms with Gasteiger partial charge in [-0.05, 0) is 60.2 Å². The second-order valence-corrected chi connectivity index (χ2v) is 11.4. The van der Waals surface area contributed by atoms with E-state index in [0.29, 0.717) is 34.2 Å². The van der Waals surface area contributed by atoms with Gasteiger partial charge in [-0.1, -0.05) is 41.9 Å². The van der Waals surface area contributed by atoms with Crippen LogP contribution in [0.1, 0.15) is 15.9 Å². The molecule has 3 aromatic heterocycles. The maximum atomic E-state index is 11.1. The van der Waals surface area contributed by atoms with E-state index in [9.17, 15) is 9.90 Å². The van der Waals surface area contributed by atoms with E-state index in [2.05, 4.69) is 39.0 Å². The molecule has 3 aromatic carbocycles. The smallest absolute Gasteiger partial charge is 0.165 e. The molecule has 45 heavy (non-hydrogen) atoms. The van der Waals surface area contributed by atoms with Gasteiger partial charge in [0.05, 0.1) is 16.8 Å². The van der Waals surface area contributed by atoms with Crippen LogP contribution in [-0.2, 0) is 6.54 Å². The van der Waals surface area contributed by atoms with E-state index >= 15 is 0 Å². The van der Waals surface area contributed by atoms with E-state index in [1.807, 2.05) is 59.2 Å². The minimum absolute atomic E-state index is 0.0142. The number of nitrogens with zero attached hydrogens (tertiary/aromatic N) is 6. The van der Waals surface area contributed by atoms with Crippen LogP contribution >= 0.6 is 11.6 Å². The number of pyridine rings is 2. The highest BCUT2D eigenvalue weighted by atomic mass is 35.5. The summed E-state index contributed by atoms with van der Waals surface area (Å²) in [5.74, 6) is 1.07. The monoisotopic (exact) mass is 615 g/mol. The summed E-state index contributed by atoms with van der Waals surface area (Å²) < 4.78 is 2.02. The van der Waals surface area contributed by atoms with Gasteiger partial charge in [0.25, 0.3) is 0 Å². The topological polar surface area (TPSA) is 113 Å². The zero-order valence-electron chi connectivity index (χ0n) is 24.3. The number of anilines is 2. The van der Waals surface area contributed by atoms with Gasteiger partial charge in [0.2, 0.25) is 0 Å². The molecule has 0 aliphatic carbocycles. The summed E-state index contributed by atoms with van der Waals surface area (Å²) in [6, 6.07) is 29.0. The molecular weight excluding hydrogens is 586 g/mol. The Morgan fingerprint density at radius 3 is 2.33 bits per heavy atom. The molecule has 1 saturated heterocycles. The van der Waals surface area contributed by atoms with Crippen LogP contribution in [0.3, 0.4) is 0 Å². The van der Waals surface area contributed by atoms with Gasteiger partial charge in [0.1, 0.15) is 17.1 Å². The van der Waals surface area contributed by atoms with Crippen molar-refractivity contribution in [1.82, 2.24) is 24.4 Å². The number of hydrogen-bond donors (Lipinski definition) is 2. The molecule has 0 unspecified atom stereocenters. The Morgan fingerprint density at radius 1 is 0.844 bits per heavy atom. The Labute approximate surface area is 265 Å². The molecule has 0 spiro atoms. The van der Waals surface area contributed by atoms with Crippen LogP contribution < -0.4 is 10.6 Å². The lowest BCUT2D eigenvalue weighted by Gasteiger charge is -2.36. The van der Waals surface area contributed by atoms with Crippen LogP contribution in [0.15, 0.2) is 97.2 Å². The number of phenolic OH excluding ortho intramolecular Hbond substituents is 1. The van der Waals surface area contributed by atoms with Crippen LogP contribution in [0.4, 0.5) is 11.5 Å². The Morgan fingerprint density at radius 2 is 1.60 bits per heavy atom. The average molecular weight is 616 g/mol. The third-order valence-electron chi connectivity index (χ3n) is 8.21. The van der Waals surface area contributed by atoms with Crippen molar-refractivity contribution in [2.45, 2.75) is 6.54 Å². The van der Waals surface area contributed by atoms with E-state index < -0.39 is 0 Å². The fourth-order valence-corrected chi connectivity index (χ4v) is 6.04. The summed E-state index contributed by atoms with van der Waals surface area (Å²) in [6.07, 6.45) is 2.34. The zero-order chi connectivity index (χ0) is 30.9. The number of fused-ring (bicyclic) bond motifs is 1. The van der Waals surface area contributed by atoms with Crippen LogP contribution in [0.5, 0.6) is 5.75 Å². The molecular formula is C35H30ClN7O2. The van der Waals surface area contributed by atoms with Gasteiger partial charge in [-0.15, -0.1) is 0 Å². The molecule has 0 atom stereocenters. The maximum absolute atomic E-state index is 11.1. The lowest BCUT2D eigenvalue weighted by Crippen LogP contribution is -2.45. The normalized spacial score (nSPS) is 13.8. The number of nitrogens with two attached hydrogens (primary N) is 1. The lowest BCUT2D eigenvalue weighted by molar-refractivity contribution is 0.112. The Kier molecular flexibility index (Phi) is 7.62. The van der Waals surface area contributed by atoms with Gasteiger partial charge in [-0.3, -0.25) is 14.3 Å². The van der Waals surface area contributed by atoms with Crippen molar-refractivity contribution in [3.63, 3.8) is 0 Å². The van der Waals surface area contributed by atoms with Crippen molar-refractivity contribution < 1.29 is 9.90 Å². The third-order valence-corrected chi connectivity index (χ3v) is 8.54. The lowest BCUT2D eigenvalue weighted by atomic mass is 10.1. The molecule has 7 rings (SSSR count). The Balaban J connectivity index is 1.16. The highest BCUT2D eigenvalue weighted by molar-refractivity contribution is 6.33. The third kappa shape index (κ3) is 5.59. The molecule has 1 aliphatic rings. The first-order chi connectivity index (χ1) is 22.0. The number of piperazine rings is 1. The largest absolute Gasteiger partial charge is 0.507 e. The average Bonchev–Trinajstić information content (AvgIpc) is 3.44. The van der Waals surface area contributed by atoms with E-state index in [0.717, 1.165) is 66.4 Å². The molecule has 0 amide bonds. The molecule has 0 saturated carbocycles. The summed E-state index contributed by atoms with van der Waals surface area (Å²) in [6.45, 7) is 4.22. The van der Waals surface area contributed by atoms with Gasteiger partial charge in [-0.25, -0.2) is 15.0 Å². The van der Waals surface area contributed by atoms with Crippen LogP contribution in [0, 0.1) is 0 Å². The second kappa shape index (κ2) is 12.0. The number of aromatic nitrogens is 4. The van der Waals surface area contributed by atoms with Crippen molar-refractivity contribution in [2.24, 2.45) is 0 Å². The molecule has 6 aromatic rings. The highest BCUT2D eigenvalue weighted by Gasteiger charge is 2.21. The molecule has 4 heterocycles. The Bertz CT molecular complexity index is 2020. The van der Waals surface area contributed by atoms with E-state index in [4.69, 9.17) is 27.3 Å². The number of hydrogen-bond acceptors (Lipinski definition) is 8. The van der Waals surface area contributed by atoms with Crippen molar-refractivity contribution in [1.29, 1.82) is 0 Å². The van der Waals surface area contributed by atoms with E-state index in [1.54, 1.807) is 18.3 Å². The maximum Gasteiger partial charge on any atom is 0.165 e. The predicted molar refractivity (Wildman–Crippen MR) is 178 cm³/mol. The second-order valence-electron chi connectivity index (χ2n) is 11.0. The van der Waals surface area contributed by atoms with Gasteiger partial charge >= 0.3 is 0 Å². The number of carbonyl (C=O) groups excluding carboxylic acids is 1. The van der Waals surface area contributed by atoms with Crippen molar-refractivity contribution in [2.75, 3.05) is 36.8 Å². The quantitative estimate of drug-likeness (QED) is 0.203. The van der Waals surface area contributed by atoms with Crippen LogP contribution in [-0.4, -0.2) is 62.0 Å². The fraction of sp³-hybridized carbons (Fsp3) is 0.143. The molecule has 3 N–H and O–H groups in total. The number of aromatic hydroxyl groups is 1. The zero-order valence-corrected chi connectivity index (χ0v) is 25.1. The van der Waals surface area contributed by atoms with Gasteiger partial charge < -0.3 is 15.7 Å². The first-order valence-electron chi connectivity index (χ1n) is 14.7. The van der Waals surface area contributed by atoms with Gasteiger partial charge in [0.15, 0.2) is 17.8 Å². The van der Waals surface area contributed by atoms with Gasteiger partial charge in [0, 0.05) is 66.9 Å². The standard InChI is InChI=1S/C35H30ClN7O2/c36-29-6-2-1-4-27(29)30-13-14-31-35(39-30)43(34(40-31)28-5-3-15-38-33(28)37)25-10-7-23(8-11-25)21-41-16-18-42(19-17-41)26-12-9-24(22-44)32(45)20-26/h1-15,20,22,45H,16-19,21H2,(H2,37,38). The summed E-state index contributed by atoms with van der Waals surface area (Å²) in [5.41, 5.74) is 13.4. The molecule has 0 bridgehead atoms. The van der Waals surface area contributed by atoms with Crippen LogP contribution in [0.25, 0.3) is 39.5 Å². The number of aldehydes is 1. The van der Waals surface area contributed by atoms with E-state index in [-0.39, 0.29) is 5.75 Å². The molecule has 10 heteroatoms. The minimum atomic E-state index is 0.0142. The molecule has 224 valence electrons. The van der Waals surface area contributed by atoms with E-state index in [1.165, 1.54) is 5.56 Å². The number of halogens is 1.